The molecule has 0 saturated heterocycles. The molecular weight excluding hydrogens is 318 g/mol. The maximum Gasteiger partial charge on any atom is 0.224 e. The number of para-hydroxylation sites is 1. The topological polar surface area (TPSA) is 65.4 Å². The van der Waals surface area contributed by atoms with Crippen molar-refractivity contribution in [3.05, 3.63) is 53.9 Å². The first-order chi connectivity index (χ1) is 12.1. The number of aryl methyl sites for hydroxylation is 1. The Kier molecular flexibility index (Phi) is 4.88. The molecule has 0 saturated carbocycles. The van der Waals surface area contributed by atoms with Gasteiger partial charge in [-0.05, 0) is 23.8 Å². The third-order valence-corrected chi connectivity index (χ3v) is 4.13. The molecule has 0 spiro atoms. The second-order valence-corrected chi connectivity index (χ2v) is 5.75. The lowest BCUT2D eigenvalue weighted by molar-refractivity contribution is -0.120. The molecule has 1 aromatic carbocycles. The number of rotatable bonds is 6. The van der Waals surface area contributed by atoms with Crippen LogP contribution in [0, 0.1) is 0 Å². The van der Waals surface area contributed by atoms with Gasteiger partial charge in [0, 0.05) is 36.9 Å². The molecule has 2 heterocycles. The van der Waals surface area contributed by atoms with Crippen molar-refractivity contribution in [2.45, 2.75) is 13.0 Å². The standard InChI is InChI=1S/C19H21N3O3/c1-22-12-14(15-7-5-9-20-19(15)22)10-17(23)21-11-13-6-4-8-16(24-2)18(13)25-3/h4-9,12H,10-11H2,1-3H3,(H,21,23). The van der Waals surface area contributed by atoms with Crippen molar-refractivity contribution in [1.82, 2.24) is 14.9 Å². The van der Waals surface area contributed by atoms with Gasteiger partial charge in [0.1, 0.15) is 5.65 Å². The van der Waals surface area contributed by atoms with E-state index in [-0.39, 0.29) is 5.91 Å². The number of pyridine rings is 1. The number of nitrogens with one attached hydrogen (secondary N) is 1. The Morgan fingerprint density at radius 2 is 2.00 bits per heavy atom. The number of carbonyl (C=O) groups excluding carboxylic acids is 1. The van der Waals surface area contributed by atoms with Gasteiger partial charge in [-0.3, -0.25) is 4.79 Å². The second kappa shape index (κ2) is 7.25. The molecule has 0 aliphatic rings. The lowest BCUT2D eigenvalue weighted by Crippen LogP contribution is -2.24. The molecule has 3 rings (SSSR count). The molecule has 0 aliphatic heterocycles. The number of aromatic nitrogens is 2. The predicted octanol–water partition coefficient (Wildman–Crippen LogP) is 2.45. The molecule has 0 atom stereocenters. The summed E-state index contributed by atoms with van der Waals surface area (Å²) in [6.07, 6.45) is 4.00. The fourth-order valence-electron chi connectivity index (χ4n) is 2.96. The fraction of sp³-hybridized carbons (Fsp3) is 0.263. The van der Waals surface area contributed by atoms with E-state index < -0.39 is 0 Å². The van der Waals surface area contributed by atoms with E-state index in [0.29, 0.717) is 24.5 Å². The Morgan fingerprint density at radius 1 is 1.16 bits per heavy atom. The fourth-order valence-corrected chi connectivity index (χ4v) is 2.96. The van der Waals surface area contributed by atoms with Crippen LogP contribution >= 0.6 is 0 Å². The first-order valence-electron chi connectivity index (χ1n) is 7.99. The van der Waals surface area contributed by atoms with Gasteiger partial charge < -0.3 is 19.4 Å². The molecule has 6 heteroatoms. The number of ether oxygens (including phenoxy) is 2. The average Bonchev–Trinajstić information content (AvgIpc) is 2.95. The normalized spacial score (nSPS) is 10.7. The Hall–Kier alpha value is -3.02. The number of hydrogen-bond acceptors (Lipinski definition) is 4. The van der Waals surface area contributed by atoms with E-state index in [1.54, 1.807) is 20.4 Å². The van der Waals surface area contributed by atoms with Crippen molar-refractivity contribution in [2.24, 2.45) is 7.05 Å². The van der Waals surface area contributed by atoms with Gasteiger partial charge in [-0.25, -0.2) is 4.98 Å². The number of amides is 1. The smallest absolute Gasteiger partial charge is 0.224 e. The highest BCUT2D eigenvalue weighted by Crippen LogP contribution is 2.30. The van der Waals surface area contributed by atoms with Gasteiger partial charge in [0.05, 0.1) is 20.6 Å². The Bertz CT molecular complexity index is 902. The number of nitrogens with zero attached hydrogens (tertiary/aromatic N) is 2. The molecule has 0 bridgehead atoms. The van der Waals surface area contributed by atoms with Gasteiger partial charge >= 0.3 is 0 Å². The van der Waals surface area contributed by atoms with Gasteiger partial charge in [-0.15, -0.1) is 0 Å². The van der Waals surface area contributed by atoms with E-state index in [9.17, 15) is 4.79 Å². The molecule has 6 nitrogen and oxygen atoms in total. The molecule has 1 N–H and O–H groups in total. The van der Waals surface area contributed by atoms with Gasteiger partial charge in [0.2, 0.25) is 5.91 Å². The van der Waals surface area contributed by atoms with E-state index in [2.05, 4.69) is 10.3 Å². The van der Waals surface area contributed by atoms with Crippen LogP contribution in [0.1, 0.15) is 11.1 Å². The van der Waals surface area contributed by atoms with Crippen LogP contribution in [-0.4, -0.2) is 29.7 Å². The minimum absolute atomic E-state index is 0.0544. The van der Waals surface area contributed by atoms with Crippen LogP contribution in [0.2, 0.25) is 0 Å². The minimum atomic E-state index is -0.0544. The monoisotopic (exact) mass is 339 g/mol. The van der Waals surface area contributed by atoms with Crippen molar-refractivity contribution >= 4 is 16.9 Å². The first-order valence-corrected chi connectivity index (χ1v) is 7.99. The first kappa shape index (κ1) is 16.8. The summed E-state index contributed by atoms with van der Waals surface area (Å²) in [4.78, 5) is 16.7. The molecule has 0 aliphatic carbocycles. The van der Waals surface area contributed by atoms with E-state index >= 15 is 0 Å². The highest BCUT2D eigenvalue weighted by molar-refractivity contribution is 5.87. The zero-order chi connectivity index (χ0) is 17.8. The number of benzene rings is 1. The number of hydrogen-bond donors (Lipinski definition) is 1. The molecule has 0 radical (unpaired) electrons. The summed E-state index contributed by atoms with van der Waals surface area (Å²) in [5, 5.41) is 3.94. The summed E-state index contributed by atoms with van der Waals surface area (Å²) < 4.78 is 12.6. The van der Waals surface area contributed by atoms with E-state index in [1.165, 1.54) is 0 Å². The summed E-state index contributed by atoms with van der Waals surface area (Å²) >= 11 is 0. The Balaban J connectivity index is 1.71. The third kappa shape index (κ3) is 3.42. The molecule has 130 valence electrons. The van der Waals surface area contributed by atoms with Crippen LogP contribution in [0.15, 0.2) is 42.7 Å². The van der Waals surface area contributed by atoms with Crippen LogP contribution in [0.25, 0.3) is 11.0 Å². The van der Waals surface area contributed by atoms with E-state index in [4.69, 9.17) is 9.47 Å². The van der Waals surface area contributed by atoms with Crippen molar-refractivity contribution in [1.29, 1.82) is 0 Å². The minimum Gasteiger partial charge on any atom is -0.493 e. The number of fused-ring (bicyclic) bond motifs is 1. The molecule has 1 amide bonds. The summed E-state index contributed by atoms with van der Waals surface area (Å²) in [5.41, 5.74) is 2.70. The molecule has 2 aromatic heterocycles. The van der Waals surface area contributed by atoms with Crippen molar-refractivity contribution in [3.8, 4) is 11.5 Å². The SMILES string of the molecule is COc1cccc(CNC(=O)Cc2cn(C)c3ncccc23)c1OC. The molecular formula is C19H21N3O3. The molecule has 3 aromatic rings. The van der Waals surface area contributed by atoms with Crippen molar-refractivity contribution < 1.29 is 14.3 Å². The number of carbonyl (C=O) groups is 1. The van der Waals surface area contributed by atoms with E-state index in [0.717, 1.165) is 22.2 Å². The highest BCUT2D eigenvalue weighted by Gasteiger charge is 2.13. The molecule has 0 fully saturated rings. The summed E-state index contributed by atoms with van der Waals surface area (Å²) in [5.74, 6) is 1.23. The quantitative estimate of drug-likeness (QED) is 0.749. The zero-order valence-electron chi connectivity index (χ0n) is 14.6. The Labute approximate surface area is 146 Å². The van der Waals surface area contributed by atoms with Crippen LogP contribution < -0.4 is 14.8 Å². The van der Waals surface area contributed by atoms with Crippen molar-refractivity contribution in [2.75, 3.05) is 14.2 Å². The molecule has 25 heavy (non-hydrogen) atoms. The average molecular weight is 339 g/mol. The van der Waals surface area contributed by atoms with Crippen LogP contribution in [0.5, 0.6) is 11.5 Å². The van der Waals surface area contributed by atoms with Gasteiger partial charge in [0.15, 0.2) is 11.5 Å². The lowest BCUT2D eigenvalue weighted by Gasteiger charge is -2.13. The van der Waals surface area contributed by atoms with Gasteiger partial charge in [-0.1, -0.05) is 12.1 Å². The summed E-state index contributed by atoms with van der Waals surface area (Å²) in [7, 11) is 5.11. The van der Waals surface area contributed by atoms with Crippen LogP contribution in [-0.2, 0) is 24.8 Å². The highest BCUT2D eigenvalue weighted by atomic mass is 16.5. The largest absolute Gasteiger partial charge is 0.493 e. The number of methoxy groups -OCH3 is 2. The van der Waals surface area contributed by atoms with Crippen molar-refractivity contribution in [3.63, 3.8) is 0 Å². The van der Waals surface area contributed by atoms with Crippen LogP contribution in [0.3, 0.4) is 0 Å². The summed E-state index contributed by atoms with van der Waals surface area (Å²) in [6, 6.07) is 9.47. The van der Waals surface area contributed by atoms with Gasteiger partial charge in [-0.2, -0.15) is 0 Å². The maximum atomic E-state index is 12.4. The lowest BCUT2D eigenvalue weighted by atomic mass is 10.1. The Morgan fingerprint density at radius 3 is 2.76 bits per heavy atom. The predicted molar refractivity (Wildman–Crippen MR) is 95.8 cm³/mol. The van der Waals surface area contributed by atoms with Crippen LogP contribution in [0.4, 0.5) is 0 Å². The maximum absolute atomic E-state index is 12.4. The van der Waals surface area contributed by atoms with Gasteiger partial charge in [0.25, 0.3) is 0 Å². The zero-order valence-corrected chi connectivity index (χ0v) is 14.6. The summed E-state index contributed by atoms with van der Waals surface area (Å²) in [6.45, 7) is 0.377. The second-order valence-electron chi connectivity index (χ2n) is 5.75. The van der Waals surface area contributed by atoms with E-state index in [1.807, 2.05) is 48.1 Å². The third-order valence-electron chi connectivity index (χ3n) is 4.13. The molecule has 0 unspecified atom stereocenters.